The summed E-state index contributed by atoms with van der Waals surface area (Å²) in [5.74, 6) is -1.58. The van der Waals surface area contributed by atoms with Crippen molar-refractivity contribution in [1.82, 2.24) is 0 Å². The molecule has 1 aromatic rings. The summed E-state index contributed by atoms with van der Waals surface area (Å²) in [6.07, 6.45) is 1.11. The number of carboxylic acids is 1. The number of aliphatic carboxylic acids is 1. The molecule has 5 nitrogen and oxygen atoms in total. The van der Waals surface area contributed by atoms with Gasteiger partial charge in [-0.15, -0.1) is 0 Å². The molecule has 1 aromatic carbocycles. The number of hydrogen-bond donors (Lipinski definition) is 3. The molecule has 0 aromatic heterocycles. The zero-order valence-electron chi connectivity index (χ0n) is 9.99. The normalized spacial score (nSPS) is 12.5. The third kappa shape index (κ3) is 6.29. The van der Waals surface area contributed by atoms with E-state index in [1.54, 1.807) is 0 Å². The molecule has 0 radical (unpaired) electrons. The van der Waals surface area contributed by atoms with E-state index in [0.29, 0.717) is 5.56 Å². The third-order valence-electron chi connectivity index (χ3n) is 2.38. The summed E-state index contributed by atoms with van der Waals surface area (Å²) in [5, 5.41) is 8.98. The average Bonchev–Trinajstić information content (AvgIpc) is 2.28. The molecule has 104 valence electrons. The van der Waals surface area contributed by atoms with Crippen LogP contribution in [0.3, 0.4) is 0 Å². The van der Waals surface area contributed by atoms with Crippen molar-refractivity contribution in [2.75, 3.05) is 6.16 Å². The van der Waals surface area contributed by atoms with Crippen LogP contribution in [0, 0.1) is 5.82 Å². The van der Waals surface area contributed by atoms with Gasteiger partial charge >= 0.3 is 13.6 Å². The zero-order chi connectivity index (χ0) is 14.5. The first-order valence-electron chi connectivity index (χ1n) is 5.52. The Balaban J connectivity index is 2.75. The van der Waals surface area contributed by atoms with Crippen molar-refractivity contribution < 1.29 is 28.6 Å². The minimum absolute atomic E-state index is 0.0278. The largest absolute Gasteiger partial charge is 0.478 e. The number of benzene rings is 1. The molecule has 0 spiro atoms. The van der Waals surface area contributed by atoms with Gasteiger partial charge in [-0.1, -0.05) is 12.1 Å². The van der Waals surface area contributed by atoms with Gasteiger partial charge in [0.2, 0.25) is 0 Å². The predicted molar refractivity (Wildman–Crippen MR) is 68.2 cm³/mol. The van der Waals surface area contributed by atoms with Crippen LogP contribution in [-0.4, -0.2) is 27.0 Å². The molecule has 0 amide bonds. The fourth-order valence-corrected chi connectivity index (χ4v) is 2.05. The smallest absolute Gasteiger partial charge is 0.331 e. The average molecular weight is 288 g/mol. The molecule has 0 aliphatic rings. The highest BCUT2D eigenvalue weighted by Gasteiger charge is 2.14. The Kier molecular flexibility index (Phi) is 5.42. The van der Waals surface area contributed by atoms with Gasteiger partial charge < -0.3 is 14.9 Å². The summed E-state index contributed by atoms with van der Waals surface area (Å²) in [5.41, 5.74) is 0.551. The van der Waals surface area contributed by atoms with Crippen LogP contribution in [-0.2, 0) is 9.36 Å². The lowest BCUT2D eigenvalue weighted by molar-refractivity contribution is -0.132. The van der Waals surface area contributed by atoms with Crippen molar-refractivity contribution in [3.05, 3.63) is 41.2 Å². The second-order valence-electron chi connectivity index (χ2n) is 4.02. The quantitative estimate of drug-likeness (QED) is 0.551. The van der Waals surface area contributed by atoms with Crippen molar-refractivity contribution >= 4 is 19.6 Å². The monoisotopic (exact) mass is 288 g/mol. The van der Waals surface area contributed by atoms with Crippen molar-refractivity contribution in [3.8, 4) is 0 Å². The van der Waals surface area contributed by atoms with Crippen LogP contribution < -0.4 is 0 Å². The number of hydrogen-bond acceptors (Lipinski definition) is 2. The van der Waals surface area contributed by atoms with E-state index in [9.17, 15) is 13.8 Å². The lowest BCUT2D eigenvalue weighted by Crippen LogP contribution is -2.02. The van der Waals surface area contributed by atoms with Crippen LogP contribution in [0.1, 0.15) is 18.4 Å². The first-order chi connectivity index (χ1) is 8.78. The van der Waals surface area contributed by atoms with E-state index < -0.39 is 19.4 Å². The van der Waals surface area contributed by atoms with Crippen LogP contribution in [0.4, 0.5) is 4.39 Å². The molecule has 0 saturated heterocycles. The number of carboxylic acid groups (broad SMARTS) is 1. The minimum Gasteiger partial charge on any atom is -0.478 e. The third-order valence-corrected chi connectivity index (χ3v) is 3.28. The van der Waals surface area contributed by atoms with Gasteiger partial charge in [-0.3, -0.25) is 4.57 Å². The Labute approximate surface area is 109 Å². The van der Waals surface area contributed by atoms with E-state index in [-0.39, 0.29) is 24.6 Å². The maximum absolute atomic E-state index is 12.7. The Hall–Kier alpha value is -1.49. The maximum Gasteiger partial charge on any atom is 0.331 e. The molecule has 0 aliphatic heterocycles. The Bertz CT molecular complexity index is 517. The fraction of sp³-hybridized carbons (Fsp3) is 0.250. The van der Waals surface area contributed by atoms with E-state index in [2.05, 4.69) is 0 Å². The Morgan fingerprint density at radius 3 is 2.32 bits per heavy atom. The molecule has 0 aliphatic carbocycles. The number of halogens is 1. The predicted octanol–water partition coefficient (Wildman–Crippen LogP) is 2.25. The van der Waals surface area contributed by atoms with Gasteiger partial charge in [0.1, 0.15) is 5.82 Å². The topological polar surface area (TPSA) is 94.8 Å². The van der Waals surface area contributed by atoms with E-state index in [1.807, 2.05) is 0 Å². The molecule has 0 bridgehead atoms. The summed E-state index contributed by atoms with van der Waals surface area (Å²) < 4.78 is 23.4. The van der Waals surface area contributed by atoms with Crippen molar-refractivity contribution in [2.45, 2.75) is 12.8 Å². The second kappa shape index (κ2) is 6.61. The highest BCUT2D eigenvalue weighted by molar-refractivity contribution is 7.51. The summed E-state index contributed by atoms with van der Waals surface area (Å²) in [6, 6.07) is 5.28. The molecule has 0 saturated carbocycles. The summed E-state index contributed by atoms with van der Waals surface area (Å²) in [6.45, 7) is 0. The van der Waals surface area contributed by atoms with Gasteiger partial charge in [0, 0.05) is 5.57 Å². The van der Waals surface area contributed by atoms with Gasteiger partial charge in [0.15, 0.2) is 0 Å². The van der Waals surface area contributed by atoms with Gasteiger partial charge in [-0.2, -0.15) is 0 Å². The molecule has 1 rings (SSSR count). The minimum atomic E-state index is -4.11. The van der Waals surface area contributed by atoms with Gasteiger partial charge in [-0.25, -0.2) is 9.18 Å². The highest BCUT2D eigenvalue weighted by Crippen LogP contribution is 2.35. The van der Waals surface area contributed by atoms with E-state index in [1.165, 1.54) is 30.3 Å². The van der Waals surface area contributed by atoms with Gasteiger partial charge in [0.25, 0.3) is 0 Å². The molecule has 3 N–H and O–H groups in total. The number of rotatable bonds is 6. The SMILES string of the molecule is O=C(O)/C(=C/c1ccc(F)cc1)CCCP(=O)(O)O. The van der Waals surface area contributed by atoms with Crippen molar-refractivity contribution in [2.24, 2.45) is 0 Å². The van der Waals surface area contributed by atoms with Gasteiger partial charge in [-0.05, 0) is 36.6 Å². The lowest BCUT2D eigenvalue weighted by Gasteiger charge is -2.05. The molecule has 19 heavy (non-hydrogen) atoms. The summed E-state index contributed by atoms with van der Waals surface area (Å²) in [7, 11) is -4.11. The number of carbonyl (C=O) groups is 1. The van der Waals surface area contributed by atoms with E-state index in [4.69, 9.17) is 14.9 Å². The molecule has 0 unspecified atom stereocenters. The molecule has 0 heterocycles. The van der Waals surface area contributed by atoms with Crippen LogP contribution in [0.2, 0.25) is 0 Å². The molecule has 7 heteroatoms. The van der Waals surface area contributed by atoms with Crippen molar-refractivity contribution in [3.63, 3.8) is 0 Å². The molecule has 0 fully saturated rings. The van der Waals surface area contributed by atoms with Crippen LogP contribution in [0.25, 0.3) is 6.08 Å². The Morgan fingerprint density at radius 1 is 1.26 bits per heavy atom. The first kappa shape index (κ1) is 15.6. The first-order valence-corrected chi connectivity index (χ1v) is 7.32. The van der Waals surface area contributed by atoms with Gasteiger partial charge in [0.05, 0.1) is 6.16 Å². The maximum atomic E-state index is 12.7. The van der Waals surface area contributed by atoms with Crippen molar-refractivity contribution in [1.29, 1.82) is 0 Å². The molecule has 0 atom stereocenters. The molecular formula is C12H14FO5P. The summed E-state index contributed by atoms with van der Waals surface area (Å²) >= 11 is 0. The highest BCUT2D eigenvalue weighted by atomic mass is 31.2. The Morgan fingerprint density at radius 2 is 1.84 bits per heavy atom. The standard InChI is InChI=1S/C12H14FO5P/c13-11-5-3-9(4-6-11)8-10(12(14)15)2-1-7-19(16,17)18/h3-6,8H,1-2,7H2,(H,14,15)(H2,16,17,18)/b10-8+. The molecular weight excluding hydrogens is 274 g/mol. The van der Waals surface area contributed by atoms with Crippen LogP contribution in [0.5, 0.6) is 0 Å². The lowest BCUT2D eigenvalue weighted by atomic mass is 10.1. The zero-order valence-corrected chi connectivity index (χ0v) is 10.9. The second-order valence-corrected chi connectivity index (χ2v) is 5.79. The van der Waals surface area contributed by atoms with Crippen LogP contribution in [0.15, 0.2) is 29.8 Å². The van der Waals surface area contributed by atoms with E-state index >= 15 is 0 Å². The van der Waals surface area contributed by atoms with E-state index in [0.717, 1.165) is 0 Å². The van der Waals surface area contributed by atoms with Crippen LogP contribution >= 0.6 is 7.60 Å². The summed E-state index contributed by atoms with van der Waals surface area (Å²) in [4.78, 5) is 28.4. The fourth-order valence-electron chi connectivity index (χ4n) is 1.48.